The second-order valence-corrected chi connectivity index (χ2v) is 5.39. The molecule has 72 valence electrons. The van der Waals surface area contributed by atoms with Crippen LogP contribution in [0.3, 0.4) is 0 Å². The van der Waals surface area contributed by atoms with Crippen molar-refractivity contribution in [2.75, 3.05) is 0 Å². The van der Waals surface area contributed by atoms with E-state index in [1.807, 2.05) is 6.92 Å². The molecule has 0 unspecified atom stereocenters. The average molecular weight is 192 g/mol. The number of hydrogen-bond acceptors (Lipinski definition) is 2. The molecular formula is C8H16O3S. The molecule has 0 bridgehead atoms. The van der Waals surface area contributed by atoms with E-state index in [9.17, 15) is 8.42 Å². The third-order valence-electron chi connectivity index (χ3n) is 2.96. The van der Waals surface area contributed by atoms with Gasteiger partial charge in [-0.1, -0.05) is 26.2 Å². The lowest BCUT2D eigenvalue weighted by Gasteiger charge is -2.32. The van der Waals surface area contributed by atoms with Gasteiger partial charge in [0.05, 0.1) is 4.75 Å². The lowest BCUT2D eigenvalue weighted by Crippen LogP contribution is -2.39. The van der Waals surface area contributed by atoms with Gasteiger partial charge in [0.1, 0.15) is 0 Å². The quantitative estimate of drug-likeness (QED) is 0.681. The first-order valence-electron chi connectivity index (χ1n) is 4.49. The summed E-state index contributed by atoms with van der Waals surface area (Å²) in [6.45, 7) is 1.83. The van der Waals surface area contributed by atoms with Gasteiger partial charge in [0.25, 0.3) is 10.1 Å². The van der Waals surface area contributed by atoms with Gasteiger partial charge in [-0.15, -0.1) is 0 Å². The molecule has 1 rings (SSSR count). The fraction of sp³-hybridized carbons (Fsp3) is 1.00. The van der Waals surface area contributed by atoms with Crippen molar-refractivity contribution in [2.24, 2.45) is 0 Å². The second-order valence-electron chi connectivity index (χ2n) is 3.57. The molecule has 0 amide bonds. The molecule has 4 heteroatoms. The number of hydrogen-bond donors (Lipinski definition) is 1. The minimum Gasteiger partial charge on any atom is -0.285 e. The molecule has 1 N–H and O–H groups in total. The first-order valence-corrected chi connectivity index (χ1v) is 5.93. The Morgan fingerprint density at radius 3 is 2.00 bits per heavy atom. The van der Waals surface area contributed by atoms with Crippen LogP contribution in [0.25, 0.3) is 0 Å². The van der Waals surface area contributed by atoms with Crippen LogP contribution in [0.5, 0.6) is 0 Å². The van der Waals surface area contributed by atoms with Crippen molar-refractivity contribution < 1.29 is 13.0 Å². The van der Waals surface area contributed by atoms with Crippen LogP contribution in [-0.2, 0) is 10.1 Å². The Morgan fingerprint density at radius 2 is 1.75 bits per heavy atom. The van der Waals surface area contributed by atoms with Crippen LogP contribution in [0.1, 0.15) is 45.4 Å². The van der Waals surface area contributed by atoms with Crippen molar-refractivity contribution in [2.45, 2.75) is 50.2 Å². The van der Waals surface area contributed by atoms with Gasteiger partial charge < -0.3 is 0 Å². The Balaban J connectivity index is 2.88. The highest BCUT2D eigenvalue weighted by Crippen LogP contribution is 2.37. The molecular weight excluding hydrogens is 176 g/mol. The molecule has 12 heavy (non-hydrogen) atoms. The summed E-state index contributed by atoms with van der Waals surface area (Å²) >= 11 is 0. The molecule has 0 atom stereocenters. The van der Waals surface area contributed by atoms with Crippen molar-refractivity contribution in [1.29, 1.82) is 0 Å². The summed E-state index contributed by atoms with van der Waals surface area (Å²) in [4.78, 5) is 0. The standard InChI is InChI=1S/C8H16O3S/c1-2-8(12(9,10)11)6-4-3-5-7-8/h2-7H2,1H3,(H,9,10,11). The van der Waals surface area contributed by atoms with Gasteiger partial charge >= 0.3 is 0 Å². The fourth-order valence-electron chi connectivity index (χ4n) is 1.99. The topological polar surface area (TPSA) is 54.4 Å². The lowest BCUT2D eigenvalue weighted by atomic mass is 9.86. The van der Waals surface area contributed by atoms with Crippen LogP contribution in [0.4, 0.5) is 0 Å². The van der Waals surface area contributed by atoms with Crippen LogP contribution in [-0.4, -0.2) is 17.7 Å². The van der Waals surface area contributed by atoms with E-state index in [0.29, 0.717) is 19.3 Å². The van der Waals surface area contributed by atoms with Crippen molar-refractivity contribution in [3.05, 3.63) is 0 Å². The van der Waals surface area contributed by atoms with Crippen molar-refractivity contribution in [3.8, 4) is 0 Å². The van der Waals surface area contributed by atoms with Crippen molar-refractivity contribution in [3.63, 3.8) is 0 Å². The summed E-state index contributed by atoms with van der Waals surface area (Å²) in [5.41, 5.74) is 0. The minimum absolute atomic E-state index is 0.534. The SMILES string of the molecule is CCC1(S(=O)(=O)O)CCCCC1. The zero-order valence-electron chi connectivity index (χ0n) is 7.41. The maximum absolute atomic E-state index is 11.1. The molecule has 0 spiro atoms. The Morgan fingerprint density at radius 1 is 1.25 bits per heavy atom. The van der Waals surface area contributed by atoms with E-state index in [1.54, 1.807) is 0 Å². The highest BCUT2D eigenvalue weighted by molar-refractivity contribution is 7.87. The summed E-state index contributed by atoms with van der Waals surface area (Å²) < 4.78 is 30.4. The van der Waals surface area contributed by atoms with Gasteiger partial charge in [0.15, 0.2) is 0 Å². The van der Waals surface area contributed by atoms with E-state index < -0.39 is 14.9 Å². The molecule has 0 aromatic heterocycles. The molecule has 1 fully saturated rings. The second kappa shape index (κ2) is 3.34. The lowest BCUT2D eigenvalue weighted by molar-refractivity contribution is 0.332. The number of rotatable bonds is 2. The summed E-state index contributed by atoms with van der Waals surface area (Å²) in [6, 6.07) is 0. The molecule has 0 aromatic carbocycles. The minimum atomic E-state index is -3.84. The predicted molar refractivity (Wildman–Crippen MR) is 47.7 cm³/mol. The first-order chi connectivity index (χ1) is 5.52. The van der Waals surface area contributed by atoms with Crippen LogP contribution >= 0.6 is 0 Å². The first kappa shape index (κ1) is 9.99. The largest absolute Gasteiger partial charge is 0.285 e. The predicted octanol–water partition coefficient (Wildman–Crippen LogP) is 1.99. The molecule has 0 aromatic rings. The molecule has 0 saturated heterocycles. The van der Waals surface area contributed by atoms with Gasteiger partial charge in [0, 0.05) is 0 Å². The normalized spacial score (nSPS) is 23.8. The Labute approximate surface area is 73.9 Å². The maximum atomic E-state index is 11.1. The summed E-state index contributed by atoms with van der Waals surface area (Å²) in [6.07, 6.45) is 4.73. The summed E-state index contributed by atoms with van der Waals surface area (Å²) in [7, 11) is -3.84. The molecule has 0 aliphatic heterocycles. The highest BCUT2D eigenvalue weighted by Gasteiger charge is 2.41. The van der Waals surface area contributed by atoms with Crippen LogP contribution in [0, 0.1) is 0 Å². The maximum Gasteiger partial charge on any atom is 0.270 e. The van der Waals surface area contributed by atoms with Crippen molar-refractivity contribution >= 4 is 10.1 Å². The van der Waals surface area contributed by atoms with Crippen LogP contribution in [0.2, 0.25) is 0 Å². The average Bonchev–Trinajstić information content (AvgIpc) is 2.04. The van der Waals surface area contributed by atoms with E-state index in [1.165, 1.54) is 0 Å². The van der Waals surface area contributed by atoms with Gasteiger partial charge in [-0.2, -0.15) is 8.42 Å². The summed E-state index contributed by atoms with van der Waals surface area (Å²) in [5, 5.41) is 0. The van der Waals surface area contributed by atoms with E-state index in [4.69, 9.17) is 4.55 Å². The van der Waals surface area contributed by atoms with E-state index in [2.05, 4.69) is 0 Å². The van der Waals surface area contributed by atoms with E-state index >= 15 is 0 Å². The van der Waals surface area contributed by atoms with Crippen LogP contribution < -0.4 is 0 Å². The third kappa shape index (κ3) is 1.64. The Hall–Kier alpha value is -0.0900. The molecule has 1 saturated carbocycles. The monoisotopic (exact) mass is 192 g/mol. The molecule has 0 heterocycles. The zero-order valence-corrected chi connectivity index (χ0v) is 8.23. The fourth-order valence-corrected chi connectivity index (χ4v) is 3.16. The van der Waals surface area contributed by atoms with Gasteiger partial charge in [-0.25, -0.2) is 0 Å². The zero-order chi connectivity index (χ0) is 9.24. The smallest absolute Gasteiger partial charge is 0.270 e. The van der Waals surface area contributed by atoms with Crippen LogP contribution in [0.15, 0.2) is 0 Å². The molecule has 3 nitrogen and oxygen atoms in total. The van der Waals surface area contributed by atoms with E-state index in [0.717, 1.165) is 19.3 Å². The van der Waals surface area contributed by atoms with Crippen molar-refractivity contribution in [1.82, 2.24) is 0 Å². The van der Waals surface area contributed by atoms with Gasteiger partial charge in [0.2, 0.25) is 0 Å². The molecule has 1 aliphatic carbocycles. The Kier molecular flexibility index (Phi) is 2.78. The van der Waals surface area contributed by atoms with E-state index in [-0.39, 0.29) is 0 Å². The Bertz CT molecular complexity index is 237. The van der Waals surface area contributed by atoms with Gasteiger partial charge in [-0.05, 0) is 19.3 Å². The van der Waals surface area contributed by atoms with Gasteiger partial charge in [-0.3, -0.25) is 4.55 Å². The molecule has 0 radical (unpaired) electrons. The highest BCUT2D eigenvalue weighted by atomic mass is 32.2. The summed E-state index contributed by atoms with van der Waals surface area (Å²) in [5.74, 6) is 0. The molecule has 1 aliphatic rings. The third-order valence-corrected chi connectivity index (χ3v) is 4.75.